The fourth-order valence-electron chi connectivity index (χ4n) is 1.01. The molecule has 0 saturated carbocycles. The summed E-state index contributed by atoms with van der Waals surface area (Å²) in [7, 11) is 0. The van der Waals surface area contributed by atoms with Gasteiger partial charge in [0, 0.05) is 6.54 Å². The molecule has 0 aliphatic rings. The molecule has 0 aliphatic heterocycles. The van der Waals surface area contributed by atoms with Crippen LogP contribution in [0.5, 0.6) is 0 Å². The Morgan fingerprint density at radius 1 is 1.00 bits per heavy atom. The molecule has 104 valence electrons. The van der Waals surface area contributed by atoms with Crippen molar-refractivity contribution in [1.29, 1.82) is 0 Å². The van der Waals surface area contributed by atoms with E-state index in [-0.39, 0.29) is 12.0 Å². The summed E-state index contributed by atoms with van der Waals surface area (Å²) in [6.45, 7) is 6.01. The number of hydrogen-bond donors (Lipinski definition) is 4. The van der Waals surface area contributed by atoms with Gasteiger partial charge in [0.1, 0.15) is 6.54 Å². The van der Waals surface area contributed by atoms with E-state index in [1.807, 2.05) is 0 Å². The van der Waals surface area contributed by atoms with Crippen LogP contribution in [-0.4, -0.2) is 42.6 Å². The lowest BCUT2D eigenvalue weighted by Crippen LogP contribution is -2.43. The van der Waals surface area contributed by atoms with Crippen LogP contribution in [0.1, 0.15) is 27.2 Å². The van der Waals surface area contributed by atoms with Crippen molar-refractivity contribution in [1.82, 2.24) is 16.0 Å². The molecule has 0 unspecified atom stereocenters. The van der Waals surface area contributed by atoms with E-state index in [1.54, 1.807) is 0 Å². The van der Waals surface area contributed by atoms with Crippen molar-refractivity contribution in [3.8, 4) is 0 Å². The summed E-state index contributed by atoms with van der Waals surface area (Å²) in [5.74, 6) is -1.67. The smallest absolute Gasteiger partial charge is 0.322 e. The lowest BCUT2D eigenvalue weighted by atomic mass is 9.92. The minimum Gasteiger partial charge on any atom is -0.480 e. The van der Waals surface area contributed by atoms with E-state index in [0.29, 0.717) is 6.54 Å². The van der Waals surface area contributed by atoms with E-state index >= 15 is 0 Å². The Balaban J connectivity index is 3.64. The van der Waals surface area contributed by atoms with Gasteiger partial charge in [0.2, 0.25) is 5.91 Å². The lowest BCUT2D eigenvalue weighted by Gasteiger charge is -2.18. The molecule has 0 heterocycles. The van der Waals surface area contributed by atoms with Crippen molar-refractivity contribution in [2.24, 2.45) is 5.41 Å². The average molecular weight is 259 g/mol. The van der Waals surface area contributed by atoms with E-state index < -0.39 is 24.5 Å². The molecule has 7 heteroatoms. The normalized spacial score (nSPS) is 10.6. The van der Waals surface area contributed by atoms with Gasteiger partial charge in [-0.2, -0.15) is 0 Å². The maximum Gasteiger partial charge on any atom is 0.322 e. The van der Waals surface area contributed by atoms with Gasteiger partial charge in [-0.3, -0.25) is 9.59 Å². The number of carboxylic acid groups (broad SMARTS) is 1. The number of nitrogens with one attached hydrogen (secondary N) is 3. The molecule has 0 bridgehead atoms. The maximum atomic E-state index is 11.3. The van der Waals surface area contributed by atoms with E-state index in [1.165, 1.54) is 0 Å². The monoisotopic (exact) mass is 259 g/mol. The van der Waals surface area contributed by atoms with Gasteiger partial charge in [0.25, 0.3) is 0 Å². The number of carbonyl (C=O) groups is 3. The quantitative estimate of drug-likeness (QED) is 0.535. The molecule has 0 aromatic carbocycles. The fraction of sp³-hybridized carbons (Fsp3) is 0.727. The van der Waals surface area contributed by atoms with E-state index in [0.717, 1.165) is 6.42 Å². The molecule has 7 nitrogen and oxygen atoms in total. The first-order chi connectivity index (χ1) is 8.20. The van der Waals surface area contributed by atoms with Crippen LogP contribution in [0.3, 0.4) is 0 Å². The van der Waals surface area contributed by atoms with Gasteiger partial charge in [-0.05, 0) is 11.8 Å². The van der Waals surface area contributed by atoms with Gasteiger partial charge in [-0.1, -0.05) is 20.8 Å². The highest BCUT2D eigenvalue weighted by Crippen LogP contribution is 2.16. The average Bonchev–Trinajstić information content (AvgIpc) is 2.21. The maximum absolute atomic E-state index is 11.3. The summed E-state index contributed by atoms with van der Waals surface area (Å²) in [4.78, 5) is 32.5. The van der Waals surface area contributed by atoms with Gasteiger partial charge < -0.3 is 21.1 Å². The third kappa shape index (κ3) is 10.7. The van der Waals surface area contributed by atoms with Crippen LogP contribution in [0, 0.1) is 5.41 Å². The Morgan fingerprint density at radius 3 is 2.11 bits per heavy atom. The number of amides is 3. The van der Waals surface area contributed by atoms with Gasteiger partial charge in [0.05, 0.1) is 6.54 Å². The van der Waals surface area contributed by atoms with Crippen molar-refractivity contribution in [3.05, 3.63) is 0 Å². The van der Waals surface area contributed by atoms with Crippen molar-refractivity contribution >= 4 is 17.9 Å². The molecule has 0 aromatic heterocycles. The summed E-state index contributed by atoms with van der Waals surface area (Å²) in [6.07, 6.45) is 0.825. The third-order valence-electron chi connectivity index (χ3n) is 2.01. The van der Waals surface area contributed by atoms with Crippen LogP contribution in [0.4, 0.5) is 4.79 Å². The molecule has 3 amide bonds. The Hall–Kier alpha value is -1.79. The molecule has 0 rings (SSSR count). The van der Waals surface area contributed by atoms with E-state index in [9.17, 15) is 14.4 Å². The predicted molar refractivity (Wildman–Crippen MR) is 66.1 cm³/mol. The molecule has 0 atom stereocenters. The highest BCUT2D eigenvalue weighted by Gasteiger charge is 2.11. The molecule has 4 N–H and O–H groups in total. The number of carboxylic acids is 1. The summed E-state index contributed by atoms with van der Waals surface area (Å²) >= 11 is 0. The van der Waals surface area contributed by atoms with Gasteiger partial charge in [-0.15, -0.1) is 0 Å². The molecule has 0 spiro atoms. The molecule has 18 heavy (non-hydrogen) atoms. The lowest BCUT2D eigenvalue weighted by molar-refractivity contribution is -0.137. The largest absolute Gasteiger partial charge is 0.480 e. The Kier molecular flexibility index (Phi) is 6.77. The third-order valence-corrected chi connectivity index (χ3v) is 2.01. The number of urea groups is 1. The second-order valence-corrected chi connectivity index (χ2v) is 5.09. The second-order valence-electron chi connectivity index (χ2n) is 5.09. The number of rotatable bonds is 6. The van der Waals surface area contributed by atoms with E-state index in [4.69, 9.17) is 5.11 Å². The number of aliphatic carboxylic acids is 1. The highest BCUT2D eigenvalue weighted by atomic mass is 16.4. The van der Waals surface area contributed by atoms with Crippen molar-refractivity contribution in [2.45, 2.75) is 27.2 Å². The van der Waals surface area contributed by atoms with Gasteiger partial charge in [-0.25, -0.2) is 4.79 Å². The van der Waals surface area contributed by atoms with Crippen molar-refractivity contribution in [3.63, 3.8) is 0 Å². The Labute approximate surface area is 106 Å². The van der Waals surface area contributed by atoms with Crippen molar-refractivity contribution in [2.75, 3.05) is 19.6 Å². The Bertz CT molecular complexity index is 310. The van der Waals surface area contributed by atoms with Gasteiger partial charge >= 0.3 is 12.0 Å². The number of carbonyl (C=O) groups excluding carboxylic acids is 2. The minimum atomic E-state index is -1.13. The standard InChI is InChI=1S/C11H21N3O4/c1-11(2,3)4-5-12-10(18)14-6-8(15)13-7-9(16)17/h4-7H2,1-3H3,(H,13,15)(H,16,17)(H2,12,14,18). The van der Waals surface area contributed by atoms with Crippen LogP contribution in [-0.2, 0) is 9.59 Å². The zero-order valence-corrected chi connectivity index (χ0v) is 11.0. The van der Waals surface area contributed by atoms with Crippen LogP contribution < -0.4 is 16.0 Å². The van der Waals surface area contributed by atoms with Crippen LogP contribution in [0.25, 0.3) is 0 Å². The topological polar surface area (TPSA) is 108 Å². The summed E-state index contributed by atoms with van der Waals surface area (Å²) in [5, 5.41) is 15.4. The summed E-state index contributed by atoms with van der Waals surface area (Å²) in [6, 6.07) is -0.440. The zero-order chi connectivity index (χ0) is 14.2. The second kappa shape index (κ2) is 7.52. The van der Waals surface area contributed by atoms with Crippen molar-refractivity contribution < 1.29 is 19.5 Å². The van der Waals surface area contributed by atoms with E-state index in [2.05, 4.69) is 36.7 Å². The first-order valence-electron chi connectivity index (χ1n) is 5.71. The predicted octanol–water partition coefficient (Wildman–Crippen LogP) is -0.0774. The SMILES string of the molecule is CC(C)(C)CCNC(=O)NCC(=O)NCC(=O)O. The number of hydrogen-bond acceptors (Lipinski definition) is 3. The highest BCUT2D eigenvalue weighted by molar-refractivity contribution is 5.86. The minimum absolute atomic E-state index is 0.131. The molecule has 0 radical (unpaired) electrons. The first kappa shape index (κ1) is 16.2. The summed E-state index contributed by atoms with van der Waals surface area (Å²) < 4.78 is 0. The van der Waals surface area contributed by atoms with Crippen LogP contribution in [0.2, 0.25) is 0 Å². The molecular formula is C11H21N3O4. The Morgan fingerprint density at radius 2 is 1.61 bits per heavy atom. The molecule has 0 aromatic rings. The first-order valence-corrected chi connectivity index (χ1v) is 5.71. The zero-order valence-electron chi connectivity index (χ0n) is 11.0. The van der Waals surface area contributed by atoms with Gasteiger partial charge in [0.15, 0.2) is 0 Å². The van der Waals surface area contributed by atoms with Crippen LogP contribution >= 0.6 is 0 Å². The summed E-state index contributed by atoms with van der Waals surface area (Å²) in [5.41, 5.74) is 0.131. The molecular weight excluding hydrogens is 238 g/mol. The molecule has 0 aliphatic carbocycles. The fourth-order valence-corrected chi connectivity index (χ4v) is 1.01. The van der Waals surface area contributed by atoms with Crippen LogP contribution in [0.15, 0.2) is 0 Å². The molecule has 0 fully saturated rings. The molecule has 0 saturated heterocycles.